The molecule has 0 saturated heterocycles. The zero-order chi connectivity index (χ0) is 18.6. The fourth-order valence-corrected chi connectivity index (χ4v) is 2.60. The molecule has 27 heavy (non-hydrogen) atoms. The number of hydrogen-bond acceptors (Lipinski definition) is 9. The molecule has 11 heteroatoms. The molecular weight excluding hydrogens is 348 g/mol. The van der Waals surface area contributed by atoms with Crippen LogP contribution < -0.4 is 5.32 Å². The number of aliphatic hydroxyl groups excluding tert-OH is 1. The Morgan fingerprint density at radius 3 is 3.00 bits per heavy atom. The van der Waals surface area contributed by atoms with Crippen LogP contribution in [0.4, 0.5) is 11.6 Å². The lowest BCUT2D eigenvalue weighted by Gasteiger charge is -2.09. The normalized spacial score (nSPS) is 11.0. The Balaban J connectivity index is 1.57. The molecule has 11 nitrogen and oxygen atoms in total. The van der Waals surface area contributed by atoms with Gasteiger partial charge in [-0.15, -0.1) is 5.11 Å². The standard InChI is InChI=1S/C16H16N10O/c17-24-16-15(18-6-11-1-2-26-14(5-11)20-10-22-26)23-13(8-19-16)12-7-21-25(9-12)3-4-27/h1-2,5,7-10,17,27H,3-4,6H2,(H,18,23). The molecule has 0 aliphatic carbocycles. The van der Waals surface area contributed by atoms with Crippen molar-refractivity contribution < 1.29 is 5.11 Å². The Morgan fingerprint density at radius 2 is 2.15 bits per heavy atom. The molecule has 0 fully saturated rings. The molecule has 4 heterocycles. The van der Waals surface area contributed by atoms with E-state index in [-0.39, 0.29) is 12.4 Å². The highest BCUT2D eigenvalue weighted by Crippen LogP contribution is 2.25. The van der Waals surface area contributed by atoms with E-state index in [1.54, 1.807) is 27.8 Å². The van der Waals surface area contributed by atoms with E-state index in [0.717, 1.165) is 16.8 Å². The van der Waals surface area contributed by atoms with Gasteiger partial charge in [0.2, 0.25) is 5.82 Å². The monoisotopic (exact) mass is 364 g/mol. The fraction of sp³-hybridized carbons (Fsp3) is 0.188. The van der Waals surface area contributed by atoms with E-state index in [0.29, 0.717) is 24.6 Å². The predicted octanol–water partition coefficient (Wildman–Crippen LogP) is 1.65. The van der Waals surface area contributed by atoms with E-state index in [4.69, 9.17) is 10.6 Å². The van der Waals surface area contributed by atoms with Gasteiger partial charge >= 0.3 is 0 Å². The molecule has 0 saturated carbocycles. The first-order chi connectivity index (χ1) is 13.3. The summed E-state index contributed by atoms with van der Waals surface area (Å²) in [5.74, 6) is 0.601. The number of fused-ring (bicyclic) bond motifs is 1. The molecule has 0 aliphatic heterocycles. The van der Waals surface area contributed by atoms with Gasteiger partial charge in [0.15, 0.2) is 11.5 Å². The van der Waals surface area contributed by atoms with Crippen LogP contribution in [-0.2, 0) is 13.1 Å². The molecule has 0 amide bonds. The summed E-state index contributed by atoms with van der Waals surface area (Å²) in [5.41, 5.74) is 10.4. The van der Waals surface area contributed by atoms with Crippen molar-refractivity contribution >= 4 is 17.3 Å². The minimum absolute atomic E-state index is 0.00660. The van der Waals surface area contributed by atoms with Crippen LogP contribution in [0.15, 0.2) is 48.4 Å². The molecule has 0 aromatic carbocycles. The molecular formula is C16H16N10O. The van der Waals surface area contributed by atoms with Crippen molar-refractivity contribution in [3.8, 4) is 11.3 Å². The summed E-state index contributed by atoms with van der Waals surface area (Å²) in [5, 5.41) is 23.8. The Hall–Kier alpha value is -3.73. The number of anilines is 1. The number of hydrogen-bond donors (Lipinski definition) is 3. The second-order valence-electron chi connectivity index (χ2n) is 5.71. The first kappa shape index (κ1) is 16.7. The minimum Gasteiger partial charge on any atom is -0.394 e. The maximum Gasteiger partial charge on any atom is 0.216 e. The van der Waals surface area contributed by atoms with Crippen LogP contribution in [0.3, 0.4) is 0 Å². The number of aliphatic hydroxyl groups is 1. The zero-order valence-corrected chi connectivity index (χ0v) is 14.2. The van der Waals surface area contributed by atoms with E-state index in [1.807, 2.05) is 18.3 Å². The average Bonchev–Trinajstić information content (AvgIpc) is 3.35. The van der Waals surface area contributed by atoms with Crippen LogP contribution in [-0.4, -0.2) is 46.1 Å². The Bertz CT molecular complexity index is 1090. The first-order valence-electron chi connectivity index (χ1n) is 8.17. The van der Waals surface area contributed by atoms with Gasteiger partial charge < -0.3 is 10.4 Å². The molecule has 4 rings (SSSR count). The smallest absolute Gasteiger partial charge is 0.216 e. The lowest BCUT2D eigenvalue weighted by molar-refractivity contribution is 0.269. The van der Waals surface area contributed by atoms with Gasteiger partial charge in [0, 0.05) is 24.5 Å². The van der Waals surface area contributed by atoms with Crippen LogP contribution in [0.25, 0.3) is 16.9 Å². The summed E-state index contributed by atoms with van der Waals surface area (Å²) < 4.78 is 3.30. The average molecular weight is 364 g/mol. The summed E-state index contributed by atoms with van der Waals surface area (Å²) in [6, 6.07) is 3.83. The van der Waals surface area contributed by atoms with Gasteiger partial charge in [-0.3, -0.25) is 4.68 Å². The third-order valence-corrected chi connectivity index (χ3v) is 3.92. The third-order valence-electron chi connectivity index (χ3n) is 3.92. The van der Waals surface area contributed by atoms with Gasteiger partial charge in [0.1, 0.15) is 6.33 Å². The Kier molecular flexibility index (Phi) is 4.49. The van der Waals surface area contributed by atoms with Gasteiger partial charge in [-0.05, 0) is 17.7 Å². The van der Waals surface area contributed by atoms with Crippen LogP contribution in [0, 0.1) is 5.53 Å². The SMILES string of the molecule is N=Nc1ncc(-c2cnn(CCO)c2)nc1NCc1ccn2ncnc2c1. The zero-order valence-electron chi connectivity index (χ0n) is 14.2. The summed E-state index contributed by atoms with van der Waals surface area (Å²) >= 11 is 0. The number of pyridine rings is 1. The van der Waals surface area contributed by atoms with E-state index >= 15 is 0 Å². The van der Waals surface area contributed by atoms with Gasteiger partial charge in [0.25, 0.3) is 0 Å². The second kappa shape index (κ2) is 7.25. The highest BCUT2D eigenvalue weighted by atomic mass is 16.3. The quantitative estimate of drug-likeness (QED) is 0.423. The van der Waals surface area contributed by atoms with E-state index < -0.39 is 0 Å². The molecule has 0 radical (unpaired) electrons. The van der Waals surface area contributed by atoms with Crippen molar-refractivity contribution in [2.75, 3.05) is 11.9 Å². The summed E-state index contributed by atoms with van der Waals surface area (Å²) in [6.07, 6.45) is 8.30. The van der Waals surface area contributed by atoms with E-state index in [2.05, 4.69) is 35.6 Å². The lowest BCUT2D eigenvalue weighted by Crippen LogP contribution is -2.04. The van der Waals surface area contributed by atoms with Gasteiger partial charge in [-0.1, -0.05) is 0 Å². The van der Waals surface area contributed by atoms with Gasteiger partial charge in [-0.25, -0.2) is 25.0 Å². The topological polar surface area (TPSA) is 142 Å². The van der Waals surface area contributed by atoms with Gasteiger partial charge in [0.05, 0.1) is 31.2 Å². The number of rotatable bonds is 7. The summed E-state index contributed by atoms with van der Waals surface area (Å²) in [4.78, 5) is 12.9. The molecule has 0 bridgehead atoms. The predicted molar refractivity (Wildman–Crippen MR) is 95.5 cm³/mol. The molecule has 0 unspecified atom stereocenters. The molecule has 3 N–H and O–H groups in total. The van der Waals surface area contributed by atoms with Crippen LogP contribution >= 0.6 is 0 Å². The van der Waals surface area contributed by atoms with Crippen molar-refractivity contribution in [3.63, 3.8) is 0 Å². The van der Waals surface area contributed by atoms with E-state index in [9.17, 15) is 0 Å². The lowest BCUT2D eigenvalue weighted by atomic mass is 10.2. The highest BCUT2D eigenvalue weighted by Gasteiger charge is 2.10. The van der Waals surface area contributed by atoms with Crippen molar-refractivity contribution in [3.05, 3.63) is 48.8 Å². The summed E-state index contributed by atoms with van der Waals surface area (Å²) in [6.45, 7) is 0.879. The Morgan fingerprint density at radius 1 is 1.22 bits per heavy atom. The number of nitrogens with one attached hydrogen (secondary N) is 2. The molecule has 0 aliphatic rings. The van der Waals surface area contributed by atoms with Crippen LogP contribution in [0.1, 0.15) is 5.56 Å². The first-order valence-corrected chi connectivity index (χ1v) is 8.17. The Labute approximate surface area is 153 Å². The molecule has 4 aromatic heterocycles. The van der Waals surface area contributed by atoms with Crippen molar-refractivity contribution in [2.24, 2.45) is 5.11 Å². The van der Waals surface area contributed by atoms with Crippen molar-refractivity contribution in [1.82, 2.24) is 34.3 Å². The largest absolute Gasteiger partial charge is 0.394 e. The molecule has 136 valence electrons. The molecule has 0 atom stereocenters. The van der Waals surface area contributed by atoms with Crippen molar-refractivity contribution in [2.45, 2.75) is 13.1 Å². The van der Waals surface area contributed by atoms with Gasteiger partial charge in [-0.2, -0.15) is 10.2 Å². The summed E-state index contributed by atoms with van der Waals surface area (Å²) in [7, 11) is 0. The maximum absolute atomic E-state index is 9.00. The maximum atomic E-state index is 9.00. The molecule has 4 aromatic rings. The van der Waals surface area contributed by atoms with Crippen LogP contribution in [0.5, 0.6) is 0 Å². The second-order valence-corrected chi connectivity index (χ2v) is 5.71. The van der Waals surface area contributed by atoms with E-state index in [1.165, 1.54) is 6.33 Å². The molecule has 0 spiro atoms. The number of nitrogens with zero attached hydrogens (tertiary/aromatic N) is 8. The highest BCUT2D eigenvalue weighted by molar-refractivity contribution is 5.64. The van der Waals surface area contributed by atoms with Crippen LogP contribution in [0.2, 0.25) is 0 Å². The minimum atomic E-state index is 0.00660. The fourth-order valence-electron chi connectivity index (χ4n) is 2.60. The van der Waals surface area contributed by atoms with Crippen molar-refractivity contribution in [1.29, 1.82) is 5.53 Å². The third kappa shape index (κ3) is 3.48. The number of aromatic nitrogens is 7.